The van der Waals surface area contributed by atoms with Gasteiger partial charge in [0.1, 0.15) is 10.4 Å². The van der Waals surface area contributed by atoms with Gasteiger partial charge in [0.2, 0.25) is 5.43 Å². The first-order chi connectivity index (χ1) is 10.3. The Labute approximate surface area is 125 Å². The number of ether oxygens (including phenoxy) is 1. The van der Waals surface area contributed by atoms with Crippen molar-refractivity contribution in [3.8, 4) is 0 Å². The Balaban J connectivity index is 1.61. The summed E-state index contributed by atoms with van der Waals surface area (Å²) >= 11 is 1.45. The van der Waals surface area contributed by atoms with E-state index in [0.717, 1.165) is 37.7 Å². The molecular formula is C14H17N3O3S. The SMILES string of the molecule is O=C(NCCN1CCOCC1)c1c[nH]c2sccc2c1=O. The summed E-state index contributed by atoms with van der Waals surface area (Å²) in [5.41, 5.74) is -0.0447. The summed E-state index contributed by atoms with van der Waals surface area (Å²) in [5, 5.41) is 5.21. The summed E-state index contributed by atoms with van der Waals surface area (Å²) in [4.78, 5) is 30.3. The second-order valence-corrected chi connectivity index (χ2v) is 5.82. The topological polar surface area (TPSA) is 74.4 Å². The molecule has 0 radical (unpaired) electrons. The van der Waals surface area contributed by atoms with Crippen molar-refractivity contribution in [3.63, 3.8) is 0 Å². The summed E-state index contributed by atoms with van der Waals surface area (Å²) in [6, 6.07) is 1.74. The summed E-state index contributed by atoms with van der Waals surface area (Å²) in [6.45, 7) is 4.55. The number of amides is 1. The molecular weight excluding hydrogens is 290 g/mol. The molecule has 0 atom stereocenters. The highest BCUT2D eigenvalue weighted by atomic mass is 32.1. The minimum absolute atomic E-state index is 0.169. The number of pyridine rings is 1. The second-order valence-electron chi connectivity index (χ2n) is 4.90. The number of nitrogens with zero attached hydrogens (tertiary/aromatic N) is 1. The Kier molecular flexibility index (Phi) is 4.33. The molecule has 112 valence electrons. The highest BCUT2D eigenvalue weighted by molar-refractivity contribution is 7.16. The number of carbonyl (C=O) groups is 1. The Morgan fingerprint density at radius 3 is 3.05 bits per heavy atom. The van der Waals surface area contributed by atoms with Crippen molar-refractivity contribution >= 4 is 27.5 Å². The molecule has 0 aromatic carbocycles. The smallest absolute Gasteiger partial charge is 0.256 e. The van der Waals surface area contributed by atoms with Gasteiger partial charge in [0.25, 0.3) is 5.91 Å². The van der Waals surface area contributed by atoms with E-state index >= 15 is 0 Å². The summed E-state index contributed by atoms with van der Waals surface area (Å²) < 4.78 is 5.27. The molecule has 2 aromatic rings. The highest BCUT2D eigenvalue weighted by Crippen LogP contribution is 2.14. The zero-order valence-electron chi connectivity index (χ0n) is 11.6. The zero-order chi connectivity index (χ0) is 14.7. The third-order valence-electron chi connectivity index (χ3n) is 3.56. The third kappa shape index (κ3) is 3.15. The molecule has 7 heteroatoms. The largest absolute Gasteiger partial charge is 0.379 e. The Morgan fingerprint density at radius 2 is 2.24 bits per heavy atom. The number of aromatic amines is 1. The van der Waals surface area contributed by atoms with Crippen LogP contribution in [0.25, 0.3) is 10.2 Å². The van der Waals surface area contributed by atoms with Crippen LogP contribution in [0.4, 0.5) is 0 Å². The Bertz CT molecular complexity index is 688. The van der Waals surface area contributed by atoms with Crippen LogP contribution in [0, 0.1) is 0 Å². The van der Waals surface area contributed by atoms with Crippen molar-refractivity contribution in [1.82, 2.24) is 15.2 Å². The van der Waals surface area contributed by atoms with Crippen molar-refractivity contribution in [2.75, 3.05) is 39.4 Å². The van der Waals surface area contributed by atoms with Gasteiger partial charge in [-0.05, 0) is 11.4 Å². The van der Waals surface area contributed by atoms with Gasteiger partial charge < -0.3 is 15.0 Å². The number of aromatic nitrogens is 1. The standard InChI is InChI=1S/C14H17N3O3S/c18-12-10-1-8-21-14(10)16-9-11(12)13(19)15-2-3-17-4-6-20-7-5-17/h1,8-9H,2-7H2,(H,15,19)(H,16,18). The lowest BCUT2D eigenvalue weighted by Crippen LogP contribution is -2.41. The number of hydrogen-bond donors (Lipinski definition) is 2. The van der Waals surface area contributed by atoms with E-state index in [0.29, 0.717) is 11.9 Å². The molecule has 2 N–H and O–H groups in total. The van der Waals surface area contributed by atoms with Gasteiger partial charge in [-0.2, -0.15) is 0 Å². The van der Waals surface area contributed by atoms with Crippen molar-refractivity contribution < 1.29 is 9.53 Å². The van der Waals surface area contributed by atoms with E-state index in [1.54, 1.807) is 6.07 Å². The van der Waals surface area contributed by atoms with Crippen LogP contribution in [-0.2, 0) is 4.74 Å². The molecule has 0 bridgehead atoms. The predicted octanol–water partition coefficient (Wildman–Crippen LogP) is 0.652. The number of nitrogens with one attached hydrogen (secondary N) is 2. The van der Waals surface area contributed by atoms with Crippen molar-refractivity contribution in [3.05, 3.63) is 33.4 Å². The van der Waals surface area contributed by atoms with E-state index in [1.165, 1.54) is 17.5 Å². The van der Waals surface area contributed by atoms with Crippen LogP contribution in [0.2, 0.25) is 0 Å². The fraction of sp³-hybridized carbons (Fsp3) is 0.429. The molecule has 1 amide bonds. The van der Waals surface area contributed by atoms with Gasteiger partial charge >= 0.3 is 0 Å². The summed E-state index contributed by atoms with van der Waals surface area (Å²) in [7, 11) is 0. The molecule has 3 heterocycles. The minimum Gasteiger partial charge on any atom is -0.379 e. The number of thiophene rings is 1. The van der Waals surface area contributed by atoms with Crippen LogP contribution < -0.4 is 10.7 Å². The first-order valence-electron chi connectivity index (χ1n) is 6.93. The lowest BCUT2D eigenvalue weighted by molar-refractivity contribution is 0.0383. The monoisotopic (exact) mass is 307 g/mol. The van der Waals surface area contributed by atoms with Crippen LogP contribution in [0.5, 0.6) is 0 Å². The average molecular weight is 307 g/mol. The lowest BCUT2D eigenvalue weighted by Gasteiger charge is -2.26. The predicted molar refractivity (Wildman–Crippen MR) is 82.0 cm³/mol. The van der Waals surface area contributed by atoms with Gasteiger partial charge in [-0.15, -0.1) is 11.3 Å². The van der Waals surface area contributed by atoms with E-state index < -0.39 is 0 Å². The van der Waals surface area contributed by atoms with Crippen molar-refractivity contribution in [2.24, 2.45) is 0 Å². The molecule has 0 spiro atoms. The second kappa shape index (κ2) is 6.38. The first-order valence-corrected chi connectivity index (χ1v) is 7.81. The maximum Gasteiger partial charge on any atom is 0.256 e. The molecule has 0 aliphatic carbocycles. The van der Waals surface area contributed by atoms with Gasteiger partial charge in [-0.25, -0.2) is 0 Å². The summed E-state index contributed by atoms with van der Waals surface area (Å²) in [6.07, 6.45) is 1.49. The Hall–Kier alpha value is -1.70. The number of carbonyl (C=O) groups excluding carboxylic acids is 1. The van der Waals surface area contributed by atoms with Crippen LogP contribution in [0.3, 0.4) is 0 Å². The van der Waals surface area contributed by atoms with Crippen LogP contribution in [0.15, 0.2) is 22.4 Å². The molecule has 1 fully saturated rings. The maximum absolute atomic E-state index is 12.2. The maximum atomic E-state index is 12.2. The third-order valence-corrected chi connectivity index (χ3v) is 4.41. The van der Waals surface area contributed by atoms with Crippen LogP contribution >= 0.6 is 11.3 Å². The molecule has 0 saturated carbocycles. The Morgan fingerprint density at radius 1 is 1.43 bits per heavy atom. The molecule has 0 unspecified atom stereocenters. The molecule has 1 aliphatic rings. The number of H-pyrrole nitrogens is 1. The first kappa shape index (κ1) is 14.2. The van der Waals surface area contributed by atoms with E-state index in [-0.39, 0.29) is 16.9 Å². The van der Waals surface area contributed by atoms with E-state index in [2.05, 4.69) is 15.2 Å². The van der Waals surface area contributed by atoms with E-state index in [1.807, 2.05) is 5.38 Å². The van der Waals surface area contributed by atoms with E-state index in [4.69, 9.17) is 4.74 Å². The van der Waals surface area contributed by atoms with Crippen LogP contribution in [-0.4, -0.2) is 55.2 Å². The van der Waals surface area contributed by atoms with Gasteiger partial charge in [0.05, 0.1) is 18.6 Å². The normalized spacial score (nSPS) is 16.2. The molecule has 2 aromatic heterocycles. The molecule has 1 aliphatic heterocycles. The molecule has 6 nitrogen and oxygen atoms in total. The molecule has 21 heavy (non-hydrogen) atoms. The highest BCUT2D eigenvalue weighted by Gasteiger charge is 2.14. The fourth-order valence-electron chi connectivity index (χ4n) is 2.36. The van der Waals surface area contributed by atoms with Crippen LogP contribution in [0.1, 0.15) is 10.4 Å². The van der Waals surface area contributed by atoms with Gasteiger partial charge in [0.15, 0.2) is 0 Å². The average Bonchev–Trinajstić information content (AvgIpc) is 2.98. The summed E-state index contributed by atoms with van der Waals surface area (Å²) in [5.74, 6) is -0.322. The number of hydrogen-bond acceptors (Lipinski definition) is 5. The minimum atomic E-state index is -0.322. The number of rotatable bonds is 4. The number of fused-ring (bicyclic) bond motifs is 1. The zero-order valence-corrected chi connectivity index (χ0v) is 12.4. The molecule has 3 rings (SSSR count). The van der Waals surface area contributed by atoms with Gasteiger partial charge in [-0.1, -0.05) is 0 Å². The van der Waals surface area contributed by atoms with Gasteiger partial charge in [0, 0.05) is 32.4 Å². The molecule has 1 saturated heterocycles. The fourth-order valence-corrected chi connectivity index (χ4v) is 3.12. The van der Waals surface area contributed by atoms with E-state index in [9.17, 15) is 9.59 Å². The van der Waals surface area contributed by atoms with Crippen molar-refractivity contribution in [2.45, 2.75) is 0 Å². The quantitative estimate of drug-likeness (QED) is 0.870. The van der Waals surface area contributed by atoms with Crippen molar-refractivity contribution in [1.29, 1.82) is 0 Å². The number of morpholine rings is 1. The van der Waals surface area contributed by atoms with Gasteiger partial charge in [-0.3, -0.25) is 14.5 Å². The lowest BCUT2D eigenvalue weighted by atomic mass is 10.2.